The first-order valence-electron chi connectivity index (χ1n) is 3.32. The zero-order valence-corrected chi connectivity index (χ0v) is 6.19. The minimum absolute atomic E-state index is 0.273. The lowest BCUT2D eigenvalue weighted by Crippen LogP contribution is -2.26. The molecule has 0 unspecified atom stereocenters. The molecule has 0 aliphatic carbocycles. The maximum Gasteiger partial charge on any atom is 0.275 e. The van der Waals surface area contributed by atoms with E-state index in [9.17, 15) is 4.79 Å². The van der Waals surface area contributed by atoms with Gasteiger partial charge in [0.15, 0.2) is 0 Å². The highest BCUT2D eigenvalue weighted by atomic mass is 16.3. The number of rotatable bonds is 2. The molecule has 0 atom stereocenters. The summed E-state index contributed by atoms with van der Waals surface area (Å²) in [5, 5.41) is 15.7. The standard InChI is InChI=1S/C6H9N3O2/c1-2-9-6(11)5(4-10)3-7-8-9/h3,10H,2,4H2,1H3. The maximum absolute atomic E-state index is 11.1. The molecule has 0 aliphatic heterocycles. The average Bonchev–Trinajstić information content (AvgIpc) is 2.05. The van der Waals surface area contributed by atoms with Crippen LogP contribution < -0.4 is 5.56 Å². The van der Waals surface area contributed by atoms with Crippen LogP contribution >= 0.6 is 0 Å². The van der Waals surface area contributed by atoms with E-state index in [1.165, 1.54) is 10.9 Å². The van der Waals surface area contributed by atoms with Crippen LogP contribution in [0.2, 0.25) is 0 Å². The summed E-state index contributed by atoms with van der Waals surface area (Å²) in [6, 6.07) is 0. The highest BCUT2D eigenvalue weighted by molar-refractivity contribution is 4.99. The van der Waals surface area contributed by atoms with Crippen molar-refractivity contribution in [1.29, 1.82) is 0 Å². The molecule has 0 saturated heterocycles. The molecule has 1 aromatic heterocycles. The Bertz CT molecular complexity index is 269. The van der Waals surface area contributed by atoms with Crippen LogP contribution in [0.5, 0.6) is 0 Å². The van der Waals surface area contributed by atoms with Crippen molar-refractivity contribution in [3.63, 3.8) is 0 Å². The van der Waals surface area contributed by atoms with Gasteiger partial charge in [0.05, 0.1) is 18.4 Å². The molecule has 1 aromatic rings. The summed E-state index contributed by atoms with van der Waals surface area (Å²) in [6.07, 6.45) is 1.27. The van der Waals surface area contributed by atoms with Crippen molar-refractivity contribution in [3.8, 4) is 0 Å². The molecule has 11 heavy (non-hydrogen) atoms. The molecule has 0 amide bonds. The van der Waals surface area contributed by atoms with Crippen LogP contribution in [-0.4, -0.2) is 20.1 Å². The highest BCUT2D eigenvalue weighted by Crippen LogP contribution is 1.84. The smallest absolute Gasteiger partial charge is 0.275 e. The van der Waals surface area contributed by atoms with Crippen LogP contribution in [0.3, 0.4) is 0 Å². The lowest BCUT2D eigenvalue weighted by Gasteiger charge is -1.98. The van der Waals surface area contributed by atoms with Crippen LogP contribution in [0.4, 0.5) is 0 Å². The van der Waals surface area contributed by atoms with Gasteiger partial charge < -0.3 is 5.11 Å². The summed E-state index contributed by atoms with van der Waals surface area (Å²) in [4.78, 5) is 11.1. The lowest BCUT2D eigenvalue weighted by molar-refractivity contribution is 0.277. The molecule has 1 rings (SSSR count). The van der Waals surface area contributed by atoms with E-state index < -0.39 is 0 Å². The summed E-state index contributed by atoms with van der Waals surface area (Å²) in [5.74, 6) is 0. The van der Waals surface area contributed by atoms with E-state index >= 15 is 0 Å². The van der Waals surface area contributed by atoms with Crippen molar-refractivity contribution in [1.82, 2.24) is 15.0 Å². The second kappa shape index (κ2) is 3.25. The monoisotopic (exact) mass is 155 g/mol. The summed E-state index contributed by atoms with van der Waals surface area (Å²) in [6.45, 7) is 1.98. The Morgan fingerprint density at radius 2 is 2.45 bits per heavy atom. The summed E-state index contributed by atoms with van der Waals surface area (Å²) in [7, 11) is 0. The van der Waals surface area contributed by atoms with E-state index in [0.717, 1.165) is 0 Å². The van der Waals surface area contributed by atoms with Crippen molar-refractivity contribution < 1.29 is 5.11 Å². The van der Waals surface area contributed by atoms with Crippen molar-refractivity contribution >= 4 is 0 Å². The molecule has 1 heterocycles. The highest BCUT2D eigenvalue weighted by Gasteiger charge is 2.00. The molecule has 0 fully saturated rings. The van der Waals surface area contributed by atoms with Gasteiger partial charge in [-0.25, -0.2) is 4.68 Å². The second-order valence-corrected chi connectivity index (χ2v) is 2.04. The fourth-order valence-corrected chi connectivity index (χ4v) is 0.735. The summed E-state index contributed by atoms with van der Waals surface area (Å²) < 4.78 is 1.20. The quantitative estimate of drug-likeness (QED) is 0.604. The van der Waals surface area contributed by atoms with E-state index in [4.69, 9.17) is 5.11 Å². The largest absolute Gasteiger partial charge is 0.391 e. The number of aryl methyl sites for hydroxylation is 1. The number of aliphatic hydroxyl groups excluding tert-OH is 1. The van der Waals surface area contributed by atoms with E-state index in [1.54, 1.807) is 6.92 Å². The molecule has 0 saturated carbocycles. The predicted molar refractivity (Wildman–Crippen MR) is 37.9 cm³/mol. The van der Waals surface area contributed by atoms with Crippen LogP contribution in [0.25, 0.3) is 0 Å². The number of hydrogen-bond donors (Lipinski definition) is 1. The second-order valence-electron chi connectivity index (χ2n) is 2.04. The molecule has 0 aromatic carbocycles. The van der Waals surface area contributed by atoms with Crippen molar-refractivity contribution in [2.45, 2.75) is 20.1 Å². The normalized spacial score (nSPS) is 10.0. The van der Waals surface area contributed by atoms with Gasteiger partial charge >= 0.3 is 0 Å². The fraction of sp³-hybridized carbons (Fsp3) is 0.500. The van der Waals surface area contributed by atoms with Crippen molar-refractivity contribution in [2.75, 3.05) is 0 Å². The topological polar surface area (TPSA) is 68.0 Å². The average molecular weight is 155 g/mol. The Morgan fingerprint density at radius 3 is 3.00 bits per heavy atom. The summed E-state index contributed by atoms with van der Waals surface area (Å²) in [5.41, 5.74) is 0.00634. The molecule has 0 radical (unpaired) electrons. The number of aliphatic hydroxyl groups is 1. The van der Waals surface area contributed by atoms with Crippen LogP contribution in [0.1, 0.15) is 12.5 Å². The van der Waals surface area contributed by atoms with Crippen LogP contribution in [-0.2, 0) is 13.2 Å². The van der Waals surface area contributed by atoms with Gasteiger partial charge in [-0.2, -0.15) is 0 Å². The van der Waals surface area contributed by atoms with Crippen molar-refractivity contribution in [3.05, 3.63) is 22.1 Å². The van der Waals surface area contributed by atoms with E-state index in [2.05, 4.69) is 10.3 Å². The predicted octanol–water partition coefficient (Wildman–Crippen LogP) is -0.849. The van der Waals surface area contributed by atoms with Gasteiger partial charge in [-0.15, -0.1) is 5.10 Å². The molecule has 0 spiro atoms. The van der Waals surface area contributed by atoms with Gasteiger partial charge in [-0.1, -0.05) is 5.21 Å². The Hall–Kier alpha value is -1.23. The fourth-order valence-electron chi connectivity index (χ4n) is 0.735. The zero-order chi connectivity index (χ0) is 8.27. The van der Waals surface area contributed by atoms with E-state index in [0.29, 0.717) is 6.54 Å². The third-order valence-electron chi connectivity index (χ3n) is 1.35. The van der Waals surface area contributed by atoms with Gasteiger partial charge in [0, 0.05) is 6.54 Å². The Labute approximate surface area is 63.3 Å². The third kappa shape index (κ3) is 1.43. The molecule has 5 nitrogen and oxygen atoms in total. The number of aromatic nitrogens is 3. The Morgan fingerprint density at radius 1 is 1.73 bits per heavy atom. The first-order chi connectivity index (χ1) is 5.29. The number of nitrogens with zero attached hydrogens (tertiary/aromatic N) is 3. The molecule has 1 N–H and O–H groups in total. The van der Waals surface area contributed by atoms with Gasteiger partial charge in [-0.3, -0.25) is 4.79 Å². The third-order valence-corrected chi connectivity index (χ3v) is 1.35. The molecular formula is C6H9N3O2. The molecular weight excluding hydrogens is 146 g/mol. The van der Waals surface area contributed by atoms with E-state index in [1.807, 2.05) is 0 Å². The van der Waals surface area contributed by atoms with E-state index in [-0.39, 0.29) is 17.7 Å². The van der Waals surface area contributed by atoms with Crippen LogP contribution in [0, 0.1) is 0 Å². The first kappa shape index (κ1) is 7.87. The molecule has 0 aliphatic rings. The molecule has 5 heteroatoms. The first-order valence-corrected chi connectivity index (χ1v) is 3.32. The summed E-state index contributed by atoms with van der Waals surface area (Å²) >= 11 is 0. The van der Waals surface area contributed by atoms with Crippen molar-refractivity contribution in [2.24, 2.45) is 0 Å². The minimum atomic E-state index is -0.283. The minimum Gasteiger partial charge on any atom is -0.391 e. The maximum atomic E-state index is 11.1. The number of hydrogen-bond acceptors (Lipinski definition) is 4. The Kier molecular flexibility index (Phi) is 2.32. The molecule has 0 bridgehead atoms. The van der Waals surface area contributed by atoms with Gasteiger partial charge in [0.25, 0.3) is 5.56 Å². The van der Waals surface area contributed by atoms with Gasteiger partial charge in [-0.05, 0) is 6.92 Å². The zero-order valence-electron chi connectivity index (χ0n) is 6.19. The van der Waals surface area contributed by atoms with Gasteiger partial charge in [0.2, 0.25) is 0 Å². The molecule has 60 valence electrons. The SMILES string of the molecule is CCn1nncc(CO)c1=O. The lowest BCUT2D eigenvalue weighted by atomic mass is 10.4. The van der Waals surface area contributed by atoms with Crippen LogP contribution in [0.15, 0.2) is 11.0 Å². The van der Waals surface area contributed by atoms with Gasteiger partial charge in [0.1, 0.15) is 0 Å². The Balaban J connectivity index is 3.21.